The molecule has 88 valence electrons. The summed E-state index contributed by atoms with van der Waals surface area (Å²) in [4.78, 5) is 36.0. The molecule has 0 aliphatic carbocycles. The highest BCUT2D eigenvalue weighted by molar-refractivity contribution is 5.92. The Morgan fingerprint density at radius 2 is 1.94 bits per heavy atom. The zero-order chi connectivity index (χ0) is 12.5. The first-order chi connectivity index (χ1) is 8.75. The Balaban J connectivity index is 2.45. The Kier molecular flexibility index (Phi) is 2.26. The van der Waals surface area contributed by atoms with Crippen LogP contribution in [-0.4, -0.2) is 19.9 Å². The summed E-state index contributed by atoms with van der Waals surface area (Å²) in [6.45, 7) is 0. The molecule has 1 aromatic carbocycles. The lowest BCUT2D eigenvalue weighted by Gasteiger charge is -2.03. The van der Waals surface area contributed by atoms with Crippen LogP contribution < -0.4 is 11.2 Å². The van der Waals surface area contributed by atoms with Crippen molar-refractivity contribution in [1.29, 1.82) is 0 Å². The van der Waals surface area contributed by atoms with Crippen molar-refractivity contribution in [3.05, 3.63) is 57.6 Å². The molecule has 0 radical (unpaired) electrons. The summed E-state index contributed by atoms with van der Waals surface area (Å²) in [6.07, 6.45) is 4.67. The van der Waals surface area contributed by atoms with Gasteiger partial charge in [0.05, 0.1) is 22.8 Å². The van der Waals surface area contributed by atoms with Gasteiger partial charge in [0, 0.05) is 18.0 Å². The van der Waals surface area contributed by atoms with Gasteiger partial charge in [-0.1, -0.05) is 12.1 Å². The number of nitrogens with zero attached hydrogens (tertiary/aromatic N) is 2. The fourth-order valence-corrected chi connectivity index (χ4v) is 1.87. The van der Waals surface area contributed by atoms with E-state index in [-0.39, 0.29) is 0 Å². The van der Waals surface area contributed by atoms with E-state index in [0.717, 1.165) is 0 Å². The molecule has 0 fully saturated rings. The average molecular weight is 240 g/mol. The Morgan fingerprint density at radius 1 is 1.06 bits per heavy atom. The van der Waals surface area contributed by atoms with Gasteiger partial charge >= 0.3 is 5.69 Å². The Morgan fingerprint density at radius 3 is 2.72 bits per heavy atom. The molecular weight excluding hydrogens is 232 g/mol. The van der Waals surface area contributed by atoms with E-state index >= 15 is 0 Å². The van der Waals surface area contributed by atoms with Crippen molar-refractivity contribution in [3.8, 4) is 11.3 Å². The molecule has 3 aromatic rings. The van der Waals surface area contributed by atoms with E-state index in [9.17, 15) is 9.59 Å². The van der Waals surface area contributed by atoms with Gasteiger partial charge in [0.2, 0.25) is 0 Å². The first-order valence-electron chi connectivity index (χ1n) is 5.27. The van der Waals surface area contributed by atoms with E-state index < -0.39 is 11.2 Å². The molecule has 18 heavy (non-hydrogen) atoms. The van der Waals surface area contributed by atoms with Crippen LogP contribution in [-0.2, 0) is 0 Å². The second-order valence-electron chi connectivity index (χ2n) is 3.73. The lowest BCUT2D eigenvalue weighted by atomic mass is 10.1. The van der Waals surface area contributed by atoms with E-state index in [4.69, 9.17) is 0 Å². The van der Waals surface area contributed by atoms with Crippen LogP contribution in [0.3, 0.4) is 0 Å². The van der Waals surface area contributed by atoms with E-state index in [1.165, 1.54) is 0 Å². The van der Waals surface area contributed by atoms with Crippen molar-refractivity contribution in [2.45, 2.75) is 0 Å². The van der Waals surface area contributed by atoms with E-state index in [1.54, 1.807) is 36.8 Å². The number of fused-ring (bicyclic) bond motifs is 1. The summed E-state index contributed by atoms with van der Waals surface area (Å²) < 4.78 is 0. The highest BCUT2D eigenvalue weighted by Gasteiger charge is 2.09. The van der Waals surface area contributed by atoms with E-state index in [2.05, 4.69) is 19.9 Å². The summed E-state index contributed by atoms with van der Waals surface area (Å²) in [7, 11) is 0. The largest absolute Gasteiger partial charge is 0.326 e. The van der Waals surface area contributed by atoms with Crippen LogP contribution in [0.25, 0.3) is 22.2 Å². The number of benzene rings is 1. The number of aromatic nitrogens is 4. The smallest absolute Gasteiger partial charge is 0.307 e. The van der Waals surface area contributed by atoms with Crippen LogP contribution in [0.2, 0.25) is 0 Å². The molecule has 2 N–H and O–H groups in total. The average Bonchev–Trinajstić information content (AvgIpc) is 2.38. The molecule has 2 aromatic heterocycles. The third-order valence-electron chi connectivity index (χ3n) is 2.61. The third kappa shape index (κ3) is 1.60. The molecule has 0 atom stereocenters. The van der Waals surface area contributed by atoms with Crippen molar-refractivity contribution < 1.29 is 0 Å². The van der Waals surface area contributed by atoms with Gasteiger partial charge in [-0.3, -0.25) is 19.7 Å². The first-order valence-corrected chi connectivity index (χ1v) is 5.27. The number of aromatic amines is 2. The number of nitrogens with one attached hydrogen (secondary N) is 2. The van der Waals surface area contributed by atoms with Crippen LogP contribution in [0.1, 0.15) is 0 Å². The molecule has 0 saturated heterocycles. The van der Waals surface area contributed by atoms with Gasteiger partial charge in [-0.15, -0.1) is 0 Å². The van der Waals surface area contributed by atoms with Crippen molar-refractivity contribution in [2.24, 2.45) is 0 Å². The quantitative estimate of drug-likeness (QED) is 0.654. The SMILES string of the molecule is O=c1[nH]c(=O)c2c(-c3cnccn3)cccc2[nH]1. The molecule has 0 amide bonds. The highest BCUT2D eigenvalue weighted by Crippen LogP contribution is 2.21. The van der Waals surface area contributed by atoms with Crippen LogP contribution >= 0.6 is 0 Å². The van der Waals surface area contributed by atoms with Gasteiger partial charge in [0.1, 0.15) is 0 Å². The molecule has 6 heteroatoms. The fraction of sp³-hybridized carbons (Fsp3) is 0. The monoisotopic (exact) mass is 240 g/mol. The van der Waals surface area contributed by atoms with Crippen molar-refractivity contribution >= 4 is 10.9 Å². The van der Waals surface area contributed by atoms with E-state index in [1.807, 2.05) is 0 Å². The Hall–Kier alpha value is -2.76. The topological polar surface area (TPSA) is 91.5 Å². The van der Waals surface area contributed by atoms with Gasteiger partial charge in [-0.05, 0) is 6.07 Å². The molecule has 6 nitrogen and oxygen atoms in total. The molecule has 0 saturated carbocycles. The molecule has 3 rings (SSSR count). The van der Waals surface area contributed by atoms with Gasteiger partial charge in [-0.2, -0.15) is 0 Å². The number of hydrogen-bond donors (Lipinski definition) is 2. The summed E-state index contributed by atoms with van der Waals surface area (Å²) in [5.74, 6) is 0. The number of rotatable bonds is 1. The summed E-state index contributed by atoms with van der Waals surface area (Å²) in [5.41, 5.74) is 0.740. The summed E-state index contributed by atoms with van der Waals surface area (Å²) in [5, 5.41) is 0.401. The van der Waals surface area contributed by atoms with Gasteiger partial charge in [-0.25, -0.2) is 4.79 Å². The maximum Gasteiger partial charge on any atom is 0.326 e. The Bertz CT molecular complexity index is 821. The molecule has 0 bridgehead atoms. The van der Waals surface area contributed by atoms with Crippen molar-refractivity contribution in [2.75, 3.05) is 0 Å². The van der Waals surface area contributed by atoms with Crippen LogP contribution in [0.4, 0.5) is 0 Å². The number of hydrogen-bond acceptors (Lipinski definition) is 4. The predicted molar refractivity (Wildman–Crippen MR) is 66.2 cm³/mol. The fourth-order valence-electron chi connectivity index (χ4n) is 1.87. The van der Waals surface area contributed by atoms with Crippen LogP contribution in [0, 0.1) is 0 Å². The third-order valence-corrected chi connectivity index (χ3v) is 2.61. The van der Waals surface area contributed by atoms with Gasteiger partial charge in [0.25, 0.3) is 5.56 Å². The summed E-state index contributed by atoms with van der Waals surface area (Å²) in [6, 6.07) is 5.19. The van der Waals surface area contributed by atoms with Crippen molar-refractivity contribution in [1.82, 2.24) is 19.9 Å². The molecule has 0 aliphatic heterocycles. The maximum atomic E-state index is 11.9. The van der Waals surface area contributed by atoms with E-state index in [0.29, 0.717) is 22.2 Å². The first kappa shape index (κ1) is 10.4. The number of H-pyrrole nitrogens is 2. The lowest BCUT2D eigenvalue weighted by molar-refractivity contribution is 1.08. The molecule has 0 aliphatic rings. The maximum absolute atomic E-state index is 11.9. The molecule has 0 spiro atoms. The second kappa shape index (κ2) is 3.92. The lowest BCUT2D eigenvalue weighted by Crippen LogP contribution is -2.22. The van der Waals surface area contributed by atoms with Gasteiger partial charge < -0.3 is 4.98 Å². The standard InChI is InChI=1S/C12H8N4O2/c17-11-10-7(9-6-13-4-5-14-9)2-1-3-8(10)15-12(18)16-11/h1-6H,(H2,15,16,17,18). The minimum absolute atomic E-state index is 0.401. The highest BCUT2D eigenvalue weighted by atomic mass is 16.2. The van der Waals surface area contributed by atoms with Crippen LogP contribution in [0.5, 0.6) is 0 Å². The predicted octanol–water partition coefficient (Wildman–Crippen LogP) is 0.673. The summed E-state index contributed by atoms with van der Waals surface area (Å²) >= 11 is 0. The normalized spacial score (nSPS) is 10.7. The van der Waals surface area contributed by atoms with Crippen LogP contribution in [0.15, 0.2) is 46.4 Å². The Labute approximate surface area is 100 Å². The molecule has 0 unspecified atom stereocenters. The van der Waals surface area contributed by atoms with Gasteiger partial charge in [0.15, 0.2) is 0 Å². The second-order valence-corrected chi connectivity index (χ2v) is 3.73. The molecular formula is C12H8N4O2. The zero-order valence-corrected chi connectivity index (χ0v) is 9.18. The molecule has 2 heterocycles. The van der Waals surface area contributed by atoms with Crippen molar-refractivity contribution in [3.63, 3.8) is 0 Å². The minimum Gasteiger partial charge on any atom is -0.307 e. The zero-order valence-electron chi connectivity index (χ0n) is 9.18. The minimum atomic E-state index is -0.524.